The van der Waals surface area contributed by atoms with Crippen molar-refractivity contribution in [3.63, 3.8) is 0 Å². The smallest absolute Gasteiger partial charge is 0.128 e. The van der Waals surface area contributed by atoms with Crippen LogP contribution in [0, 0.1) is 11.2 Å². The summed E-state index contributed by atoms with van der Waals surface area (Å²) >= 11 is 0. The molecule has 0 spiro atoms. The molecule has 1 aromatic carbocycles. The van der Waals surface area contributed by atoms with E-state index >= 15 is 0 Å². The van der Waals surface area contributed by atoms with Crippen LogP contribution in [-0.4, -0.2) is 19.1 Å². The number of anilines is 1. The van der Waals surface area contributed by atoms with Crippen LogP contribution in [0.1, 0.15) is 32.8 Å². The van der Waals surface area contributed by atoms with E-state index in [-0.39, 0.29) is 11.9 Å². The maximum absolute atomic E-state index is 14.0. The van der Waals surface area contributed by atoms with Crippen molar-refractivity contribution in [2.45, 2.75) is 39.7 Å². The van der Waals surface area contributed by atoms with Crippen LogP contribution in [0.15, 0.2) is 18.2 Å². The molecule has 1 aliphatic rings. The fourth-order valence-electron chi connectivity index (χ4n) is 2.69. The van der Waals surface area contributed by atoms with Crippen LogP contribution in [0.2, 0.25) is 0 Å². The van der Waals surface area contributed by atoms with E-state index in [2.05, 4.69) is 18.7 Å². The molecule has 1 aliphatic heterocycles. The standard InChI is InChI=1S/C15H23FN2/c1-11(17)9-12-13(16)5-4-6-14(12)18-8-7-15(2,3)10-18/h4-6,11H,7-10,17H2,1-3H3. The minimum Gasteiger partial charge on any atom is -0.371 e. The van der Waals surface area contributed by atoms with Crippen molar-refractivity contribution in [1.82, 2.24) is 0 Å². The summed E-state index contributed by atoms with van der Waals surface area (Å²) in [4.78, 5) is 2.29. The molecule has 1 heterocycles. The van der Waals surface area contributed by atoms with Crippen molar-refractivity contribution < 1.29 is 4.39 Å². The first kappa shape index (κ1) is 13.3. The van der Waals surface area contributed by atoms with Crippen LogP contribution in [-0.2, 0) is 6.42 Å². The molecule has 3 heteroatoms. The van der Waals surface area contributed by atoms with Gasteiger partial charge >= 0.3 is 0 Å². The van der Waals surface area contributed by atoms with Gasteiger partial charge in [-0.25, -0.2) is 4.39 Å². The van der Waals surface area contributed by atoms with Gasteiger partial charge in [0, 0.05) is 30.4 Å². The largest absolute Gasteiger partial charge is 0.371 e. The zero-order valence-electron chi connectivity index (χ0n) is 11.5. The second-order valence-corrected chi connectivity index (χ2v) is 6.25. The molecule has 18 heavy (non-hydrogen) atoms. The number of nitrogens with zero attached hydrogens (tertiary/aromatic N) is 1. The first-order valence-corrected chi connectivity index (χ1v) is 6.67. The molecule has 0 aliphatic carbocycles. The van der Waals surface area contributed by atoms with Gasteiger partial charge in [-0.05, 0) is 37.3 Å². The van der Waals surface area contributed by atoms with Crippen molar-refractivity contribution in [2.75, 3.05) is 18.0 Å². The van der Waals surface area contributed by atoms with E-state index in [1.165, 1.54) is 6.07 Å². The van der Waals surface area contributed by atoms with Gasteiger partial charge in [0.25, 0.3) is 0 Å². The highest BCUT2D eigenvalue weighted by molar-refractivity contribution is 5.55. The molecule has 100 valence electrons. The second-order valence-electron chi connectivity index (χ2n) is 6.25. The van der Waals surface area contributed by atoms with Crippen LogP contribution >= 0.6 is 0 Å². The Morgan fingerprint density at radius 1 is 1.44 bits per heavy atom. The summed E-state index contributed by atoms with van der Waals surface area (Å²) in [6, 6.07) is 5.32. The Bertz CT molecular complexity index is 427. The number of rotatable bonds is 3. The molecule has 2 rings (SSSR count). The molecule has 2 nitrogen and oxygen atoms in total. The van der Waals surface area contributed by atoms with Gasteiger partial charge in [-0.2, -0.15) is 0 Å². The maximum atomic E-state index is 14.0. The molecule has 1 aromatic rings. The molecular formula is C15H23FN2. The van der Waals surface area contributed by atoms with Crippen LogP contribution < -0.4 is 10.6 Å². The van der Waals surface area contributed by atoms with Gasteiger partial charge in [-0.1, -0.05) is 19.9 Å². The van der Waals surface area contributed by atoms with E-state index in [9.17, 15) is 4.39 Å². The van der Waals surface area contributed by atoms with E-state index in [0.29, 0.717) is 11.8 Å². The SMILES string of the molecule is CC(N)Cc1c(F)cccc1N1CCC(C)(C)C1. The average molecular weight is 250 g/mol. The van der Waals surface area contributed by atoms with Crippen molar-refractivity contribution in [3.05, 3.63) is 29.6 Å². The number of benzene rings is 1. The molecule has 0 aromatic heterocycles. The topological polar surface area (TPSA) is 29.3 Å². The Morgan fingerprint density at radius 2 is 2.17 bits per heavy atom. The normalized spacial score (nSPS) is 20.2. The van der Waals surface area contributed by atoms with E-state index in [4.69, 9.17) is 5.73 Å². The Hall–Kier alpha value is -1.09. The summed E-state index contributed by atoms with van der Waals surface area (Å²) in [5.74, 6) is -0.130. The Morgan fingerprint density at radius 3 is 2.72 bits per heavy atom. The summed E-state index contributed by atoms with van der Waals surface area (Å²) in [7, 11) is 0. The van der Waals surface area contributed by atoms with Crippen LogP contribution in [0.4, 0.5) is 10.1 Å². The molecular weight excluding hydrogens is 227 g/mol. The quantitative estimate of drug-likeness (QED) is 0.893. The van der Waals surface area contributed by atoms with Crippen molar-refractivity contribution in [1.29, 1.82) is 0 Å². The van der Waals surface area contributed by atoms with Crippen molar-refractivity contribution in [3.8, 4) is 0 Å². The van der Waals surface area contributed by atoms with Crippen molar-refractivity contribution in [2.24, 2.45) is 11.1 Å². The van der Waals surface area contributed by atoms with E-state index in [1.54, 1.807) is 6.07 Å². The number of hydrogen-bond donors (Lipinski definition) is 1. The Balaban J connectivity index is 2.30. The first-order valence-electron chi connectivity index (χ1n) is 6.67. The molecule has 1 fully saturated rings. The third-order valence-corrected chi connectivity index (χ3v) is 3.64. The molecule has 1 atom stereocenters. The lowest BCUT2D eigenvalue weighted by Gasteiger charge is -2.25. The molecule has 2 N–H and O–H groups in total. The molecule has 1 saturated heterocycles. The van der Waals surface area contributed by atoms with Gasteiger partial charge in [0.2, 0.25) is 0 Å². The lowest BCUT2D eigenvalue weighted by molar-refractivity contribution is 0.418. The number of nitrogens with two attached hydrogens (primary N) is 1. The third kappa shape index (κ3) is 2.83. The summed E-state index contributed by atoms with van der Waals surface area (Å²) < 4.78 is 14.0. The monoisotopic (exact) mass is 250 g/mol. The van der Waals surface area contributed by atoms with Gasteiger partial charge in [-0.3, -0.25) is 0 Å². The summed E-state index contributed by atoms with van der Waals surface area (Å²) in [5.41, 5.74) is 7.94. The Kier molecular flexibility index (Phi) is 3.62. The van der Waals surface area contributed by atoms with E-state index in [0.717, 1.165) is 30.8 Å². The average Bonchev–Trinajstić information content (AvgIpc) is 2.61. The lowest BCUT2D eigenvalue weighted by Crippen LogP contribution is -2.26. The third-order valence-electron chi connectivity index (χ3n) is 3.64. The Labute approximate surface area is 109 Å². The fourth-order valence-corrected chi connectivity index (χ4v) is 2.69. The van der Waals surface area contributed by atoms with Gasteiger partial charge in [0.05, 0.1) is 0 Å². The van der Waals surface area contributed by atoms with Gasteiger partial charge in [-0.15, -0.1) is 0 Å². The predicted octanol–water partition coefficient (Wildman–Crippen LogP) is 2.95. The summed E-state index contributed by atoms with van der Waals surface area (Å²) in [5, 5.41) is 0. The summed E-state index contributed by atoms with van der Waals surface area (Å²) in [6.07, 6.45) is 1.75. The zero-order chi connectivity index (χ0) is 13.3. The van der Waals surface area contributed by atoms with Crippen LogP contribution in [0.25, 0.3) is 0 Å². The van der Waals surface area contributed by atoms with Crippen molar-refractivity contribution >= 4 is 5.69 Å². The van der Waals surface area contributed by atoms with Crippen LogP contribution in [0.5, 0.6) is 0 Å². The number of halogens is 1. The molecule has 0 amide bonds. The predicted molar refractivity (Wildman–Crippen MR) is 74.4 cm³/mol. The van der Waals surface area contributed by atoms with Gasteiger partial charge in [0.1, 0.15) is 5.82 Å². The second kappa shape index (κ2) is 4.88. The maximum Gasteiger partial charge on any atom is 0.128 e. The molecule has 0 radical (unpaired) electrons. The minimum atomic E-state index is -0.130. The van der Waals surface area contributed by atoms with E-state index in [1.807, 2.05) is 13.0 Å². The fraction of sp³-hybridized carbons (Fsp3) is 0.600. The minimum absolute atomic E-state index is 0.0173. The number of hydrogen-bond acceptors (Lipinski definition) is 2. The first-order chi connectivity index (χ1) is 8.39. The molecule has 1 unspecified atom stereocenters. The lowest BCUT2D eigenvalue weighted by atomic mass is 9.93. The van der Waals surface area contributed by atoms with Gasteiger partial charge in [0.15, 0.2) is 0 Å². The summed E-state index contributed by atoms with van der Waals surface area (Å²) in [6.45, 7) is 8.43. The van der Waals surface area contributed by atoms with Gasteiger partial charge < -0.3 is 10.6 Å². The molecule has 0 saturated carbocycles. The highest BCUT2D eigenvalue weighted by Gasteiger charge is 2.30. The van der Waals surface area contributed by atoms with E-state index < -0.39 is 0 Å². The molecule has 0 bridgehead atoms. The highest BCUT2D eigenvalue weighted by Crippen LogP contribution is 2.35. The highest BCUT2D eigenvalue weighted by atomic mass is 19.1. The van der Waals surface area contributed by atoms with Crippen LogP contribution in [0.3, 0.4) is 0 Å². The zero-order valence-corrected chi connectivity index (χ0v) is 11.5.